The second kappa shape index (κ2) is 6.71. The van der Waals surface area contributed by atoms with Crippen molar-refractivity contribution in [3.8, 4) is 0 Å². The van der Waals surface area contributed by atoms with Crippen LogP contribution >= 0.6 is 0 Å². The average Bonchev–Trinajstić information content (AvgIpc) is 2.83. The summed E-state index contributed by atoms with van der Waals surface area (Å²) < 4.78 is 24.4. The van der Waals surface area contributed by atoms with E-state index in [2.05, 4.69) is 40.8 Å². The first-order chi connectivity index (χ1) is 10.9. The summed E-state index contributed by atoms with van der Waals surface area (Å²) >= 11 is 0. The van der Waals surface area contributed by atoms with Gasteiger partial charge in [-0.25, -0.2) is 8.42 Å². The number of rotatable bonds is 4. The summed E-state index contributed by atoms with van der Waals surface area (Å²) in [7, 11) is -2.95. The first-order valence-electron chi connectivity index (χ1n) is 8.15. The molecule has 0 aromatic carbocycles. The third kappa shape index (κ3) is 4.00. The number of nitrogens with zero attached hydrogens (tertiary/aromatic N) is 3. The third-order valence-corrected chi connectivity index (χ3v) is 6.45. The molecule has 0 N–H and O–H groups in total. The lowest BCUT2D eigenvalue weighted by Gasteiger charge is -2.43. The maximum Gasteiger partial charge on any atom is 0.153 e. The Hall–Kier alpha value is -1.24. The highest BCUT2D eigenvalue weighted by Crippen LogP contribution is 2.28. The van der Waals surface area contributed by atoms with Gasteiger partial charge in [0.1, 0.15) is 0 Å². The first-order valence-corrected chi connectivity index (χ1v) is 9.97. The van der Waals surface area contributed by atoms with E-state index in [1.165, 1.54) is 5.57 Å². The van der Waals surface area contributed by atoms with Crippen molar-refractivity contribution >= 4 is 9.84 Å². The summed E-state index contributed by atoms with van der Waals surface area (Å²) in [6.45, 7) is 7.62. The van der Waals surface area contributed by atoms with Crippen molar-refractivity contribution < 1.29 is 8.42 Å². The molecular formula is C17H25N3O2S. The van der Waals surface area contributed by atoms with Crippen molar-refractivity contribution in [3.63, 3.8) is 0 Å². The maximum atomic E-state index is 12.2. The van der Waals surface area contributed by atoms with Gasteiger partial charge in [-0.05, 0) is 25.5 Å². The molecule has 3 rings (SSSR count). The minimum absolute atomic E-state index is 0.0968. The molecule has 5 nitrogen and oxygen atoms in total. The standard InChI is InChI=1S/C17H25N3O2S/c1-14(2)5-7-19-8-9-20(11-15-4-3-6-18-10-15)17-13-23(21,22)12-16(17)19/h3-6,10,16-17H,7-9,11-13H2,1-2H3/t16-,17+/m1/s1. The number of aromatic nitrogens is 1. The van der Waals surface area contributed by atoms with Crippen molar-refractivity contribution in [1.29, 1.82) is 0 Å². The van der Waals surface area contributed by atoms with Crippen molar-refractivity contribution in [2.24, 2.45) is 0 Å². The second-order valence-electron chi connectivity index (χ2n) is 6.82. The molecule has 0 radical (unpaired) electrons. The minimum atomic E-state index is -2.95. The zero-order valence-corrected chi connectivity index (χ0v) is 14.7. The Kier molecular flexibility index (Phi) is 4.85. The number of fused-ring (bicyclic) bond motifs is 1. The van der Waals surface area contributed by atoms with Crippen LogP contribution in [0, 0.1) is 0 Å². The summed E-state index contributed by atoms with van der Waals surface area (Å²) in [4.78, 5) is 8.82. The summed E-state index contributed by atoms with van der Waals surface area (Å²) in [6.07, 6.45) is 5.83. The topological polar surface area (TPSA) is 53.5 Å². The van der Waals surface area contributed by atoms with E-state index in [1.807, 2.05) is 12.3 Å². The van der Waals surface area contributed by atoms with Crippen molar-refractivity contribution in [3.05, 3.63) is 41.7 Å². The van der Waals surface area contributed by atoms with E-state index in [0.717, 1.165) is 31.7 Å². The van der Waals surface area contributed by atoms with Gasteiger partial charge in [0.25, 0.3) is 0 Å². The Bertz CT molecular complexity index is 668. The lowest BCUT2D eigenvalue weighted by Crippen LogP contribution is -2.58. The Balaban J connectivity index is 1.77. The van der Waals surface area contributed by atoms with Gasteiger partial charge in [0, 0.05) is 50.7 Å². The van der Waals surface area contributed by atoms with Crippen LogP contribution in [0.25, 0.3) is 0 Å². The van der Waals surface area contributed by atoms with E-state index in [4.69, 9.17) is 0 Å². The van der Waals surface area contributed by atoms with Gasteiger partial charge in [0.15, 0.2) is 9.84 Å². The molecule has 2 aliphatic heterocycles. The molecule has 126 valence electrons. The minimum Gasteiger partial charge on any atom is -0.293 e. The van der Waals surface area contributed by atoms with Gasteiger partial charge in [0.05, 0.1) is 11.5 Å². The molecule has 0 amide bonds. The summed E-state index contributed by atoms with van der Waals surface area (Å²) in [5.41, 5.74) is 2.42. The van der Waals surface area contributed by atoms with Crippen molar-refractivity contribution in [2.75, 3.05) is 31.1 Å². The van der Waals surface area contributed by atoms with Gasteiger partial charge in [-0.3, -0.25) is 14.8 Å². The van der Waals surface area contributed by atoms with Gasteiger partial charge in [-0.15, -0.1) is 0 Å². The van der Waals surface area contributed by atoms with Crippen LogP contribution in [0.4, 0.5) is 0 Å². The number of allylic oxidation sites excluding steroid dienone is 1. The quantitative estimate of drug-likeness (QED) is 0.777. The van der Waals surface area contributed by atoms with Crippen LogP contribution in [0.15, 0.2) is 36.2 Å². The number of sulfone groups is 1. The Morgan fingerprint density at radius 1 is 1.26 bits per heavy atom. The molecule has 6 heteroatoms. The fraction of sp³-hybridized carbons (Fsp3) is 0.588. The van der Waals surface area contributed by atoms with E-state index in [0.29, 0.717) is 0 Å². The zero-order valence-electron chi connectivity index (χ0n) is 13.9. The van der Waals surface area contributed by atoms with Crippen molar-refractivity contribution in [2.45, 2.75) is 32.5 Å². The van der Waals surface area contributed by atoms with Gasteiger partial charge in [-0.2, -0.15) is 0 Å². The molecule has 2 atom stereocenters. The van der Waals surface area contributed by atoms with Crippen LogP contribution in [0.1, 0.15) is 19.4 Å². The van der Waals surface area contributed by atoms with E-state index in [9.17, 15) is 8.42 Å². The molecule has 0 spiro atoms. The molecule has 3 heterocycles. The van der Waals surface area contributed by atoms with Crippen molar-refractivity contribution in [1.82, 2.24) is 14.8 Å². The highest BCUT2D eigenvalue weighted by Gasteiger charge is 2.46. The highest BCUT2D eigenvalue weighted by atomic mass is 32.2. The molecule has 23 heavy (non-hydrogen) atoms. The average molecular weight is 335 g/mol. The molecule has 0 unspecified atom stereocenters. The van der Waals surface area contributed by atoms with E-state index in [1.54, 1.807) is 6.20 Å². The Labute approximate surface area is 138 Å². The number of hydrogen-bond acceptors (Lipinski definition) is 5. The molecule has 2 aliphatic rings. The maximum absolute atomic E-state index is 12.2. The predicted octanol–water partition coefficient (Wildman–Crippen LogP) is 1.33. The van der Waals surface area contributed by atoms with E-state index in [-0.39, 0.29) is 23.6 Å². The Morgan fingerprint density at radius 3 is 2.61 bits per heavy atom. The molecule has 2 fully saturated rings. The molecular weight excluding hydrogens is 310 g/mol. The summed E-state index contributed by atoms with van der Waals surface area (Å²) in [5.74, 6) is 0.570. The number of hydrogen-bond donors (Lipinski definition) is 0. The van der Waals surface area contributed by atoms with Crippen LogP contribution in [0.2, 0.25) is 0 Å². The van der Waals surface area contributed by atoms with E-state index < -0.39 is 9.84 Å². The zero-order chi connectivity index (χ0) is 16.4. The SMILES string of the molecule is CC(C)=CCN1CCN(Cc2cccnc2)[C@H]2CS(=O)(=O)C[C@H]21. The fourth-order valence-corrected chi connectivity index (χ4v) is 5.59. The lowest BCUT2D eigenvalue weighted by molar-refractivity contribution is 0.0477. The third-order valence-electron chi connectivity index (χ3n) is 4.75. The predicted molar refractivity (Wildman–Crippen MR) is 91.9 cm³/mol. The second-order valence-corrected chi connectivity index (χ2v) is 8.97. The monoisotopic (exact) mass is 335 g/mol. The van der Waals surface area contributed by atoms with Crippen LogP contribution in [0.5, 0.6) is 0 Å². The molecule has 0 aliphatic carbocycles. The molecule has 0 saturated carbocycles. The van der Waals surface area contributed by atoms with Crippen LogP contribution in [-0.4, -0.2) is 66.4 Å². The molecule has 1 aromatic heterocycles. The van der Waals surface area contributed by atoms with Gasteiger partial charge in [-0.1, -0.05) is 17.7 Å². The number of pyridine rings is 1. The van der Waals surface area contributed by atoms with E-state index >= 15 is 0 Å². The van der Waals surface area contributed by atoms with Gasteiger partial charge < -0.3 is 0 Å². The molecule has 2 saturated heterocycles. The molecule has 0 bridgehead atoms. The fourth-order valence-electron chi connectivity index (χ4n) is 3.55. The summed E-state index contributed by atoms with van der Waals surface area (Å²) in [6, 6.07) is 4.20. The largest absolute Gasteiger partial charge is 0.293 e. The molecule has 1 aromatic rings. The normalized spacial score (nSPS) is 27.6. The van der Waals surface area contributed by atoms with Crippen LogP contribution < -0.4 is 0 Å². The highest BCUT2D eigenvalue weighted by molar-refractivity contribution is 7.91. The van der Waals surface area contributed by atoms with Crippen LogP contribution in [-0.2, 0) is 16.4 Å². The Morgan fingerprint density at radius 2 is 1.96 bits per heavy atom. The lowest BCUT2D eigenvalue weighted by atomic mass is 10.0. The smallest absolute Gasteiger partial charge is 0.153 e. The van der Waals surface area contributed by atoms with Gasteiger partial charge in [0.2, 0.25) is 0 Å². The number of piperazine rings is 1. The summed E-state index contributed by atoms with van der Waals surface area (Å²) in [5, 5.41) is 0. The van der Waals surface area contributed by atoms with Crippen LogP contribution in [0.3, 0.4) is 0 Å². The van der Waals surface area contributed by atoms with Gasteiger partial charge >= 0.3 is 0 Å². The first kappa shape index (κ1) is 16.6.